The van der Waals surface area contributed by atoms with E-state index < -0.39 is 17.6 Å². The fourth-order valence-corrected chi connectivity index (χ4v) is 3.82. The number of carbonyl (C=O) groups excluding carboxylic acids is 2. The molecule has 3 atom stereocenters. The van der Waals surface area contributed by atoms with Crippen LogP contribution in [0.2, 0.25) is 0 Å². The molecule has 0 bridgehead atoms. The van der Waals surface area contributed by atoms with Crippen LogP contribution >= 0.6 is 0 Å². The minimum absolute atomic E-state index is 0.0799. The van der Waals surface area contributed by atoms with Gasteiger partial charge >= 0.3 is 12.1 Å². The van der Waals surface area contributed by atoms with Gasteiger partial charge in [0.05, 0.1) is 19.1 Å². The van der Waals surface area contributed by atoms with Gasteiger partial charge < -0.3 is 23.8 Å². The van der Waals surface area contributed by atoms with E-state index in [2.05, 4.69) is 0 Å². The Morgan fingerprint density at radius 2 is 1.93 bits per heavy atom. The first-order valence-corrected chi connectivity index (χ1v) is 10.6. The molecule has 7 heteroatoms. The lowest BCUT2D eigenvalue weighted by molar-refractivity contribution is -0.152. The van der Waals surface area contributed by atoms with E-state index in [-0.39, 0.29) is 17.9 Å². The SMILES string of the molecule is CCOC(=O)[C@@H]1[C@@H](C)N(C(=O)OC(C)(C)C)CC[C@H]1c1cccc(OCCOC)c1. The summed E-state index contributed by atoms with van der Waals surface area (Å²) in [6.07, 6.45) is 0.230. The molecule has 1 aliphatic rings. The van der Waals surface area contributed by atoms with Crippen LogP contribution in [0, 0.1) is 5.92 Å². The van der Waals surface area contributed by atoms with Gasteiger partial charge in [-0.15, -0.1) is 0 Å². The largest absolute Gasteiger partial charge is 0.491 e. The predicted octanol–water partition coefficient (Wildman–Crippen LogP) is 4.00. The average Bonchev–Trinajstić information content (AvgIpc) is 2.66. The summed E-state index contributed by atoms with van der Waals surface area (Å²) in [5.41, 5.74) is 0.402. The van der Waals surface area contributed by atoms with E-state index in [0.717, 1.165) is 11.3 Å². The van der Waals surface area contributed by atoms with Crippen molar-refractivity contribution in [3.05, 3.63) is 29.8 Å². The number of ether oxygens (including phenoxy) is 4. The minimum Gasteiger partial charge on any atom is -0.491 e. The van der Waals surface area contributed by atoms with Crippen LogP contribution in [0.15, 0.2) is 24.3 Å². The van der Waals surface area contributed by atoms with Crippen LogP contribution in [0.1, 0.15) is 52.5 Å². The number of amides is 1. The summed E-state index contributed by atoms with van der Waals surface area (Å²) in [4.78, 5) is 27.2. The molecule has 0 spiro atoms. The van der Waals surface area contributed by atoms with E-state index in [1.807, 2.05) is 52.0 Å². The second kappa shape index (κ2) is 10.7. The number of carbonyl (C=O) groups is 2. The monoisotopic (exact) mass is 421 g/mol. The molecule has 1 aromatic rings. The maximum atomic E-state index is 12.9. The van der Waals surface area contributed by atoms with Crippen LogP contribution in [0.5, 0.6) is 5.75 Å². The van der Waals surface area contributed by atoms with E-state index in [1.54, 1.807) is 18.9 Å². The molecule has 1 amide bonds. The molecule has 0 aromatic heterocycles. The van der Waals surface area contributed by atoms with Crippen LogP contribution in [0.3, 0.4) is 0 Å². The Morgan fingerprint density at radius 1 is 1.20 bits per heavy atom. The number of likely N-dealkylation sites (tertiary alicyclic amines) is 1. The zero-order valence-corrected chi connectivity index (χ0v) is 19.0. The number of methoxy groups -OCH3 is 1. The summed E-state index contributed by atoms with van der Waals surface area (Å²) in [5.74, 6) is -0.132. The minimum atomic E-state index is -0.596. The third kappa shape index (κ3) is 6.36. The molecular weight excluding hydrogens is 386 g/mol. The van der Waals surface area contributed by atoms with Crippen molar-refractivity contribution in [1.82, 2.24) is 4.90 Å². The highest BCUT2D eigenvalue weighted by atomic mass is 16.6. The second-order valence-corrected chi connectivity index (χ2v) is 8.50. The highest BCUT2D eigenvalue weighted by molar-refractivity contribution is 5.77. The summed E-state index contributed by atoms with van der Waals surface area (Å²) in [7, 11) is 1.63. The van der Waals surface area contributed by atoms with E-state index in [1.165, 1.54) is 0 Å². The molecule has 1 heterocycles. The molecule has 0 N–H and O–H groups in total. The number of hydrogen-bond acceptors (Lipinski definition) is 6. The molecule has 0 saturated carbocycles. The molecule has 168 valence electrons. The standard InChI is InChI=1S/C23H35NO6/c1-7-28-21(25)20-16(2)24(22(26)30-23(3,4)5)12-11-19(20)17-9-8-10-18(15-17)29-14-13-27-6/h8-10,15-16,19-20H,7,11-14H2,1-6H3/t16-,19+,20-/m1/s1. The molecule has 1 aliphatic heterocycles. The van der Waals surface area contributed by atoms with Gasteiger partial charge in [-0.05, 0) is 58.7 Å². The number of esters is 1. The summed E-state index contributed by atoms with van der Waals surface area (Å²) in [6, 6.07) is 7.41. The quantitative estimate of drug-likeness (QED) is 0.489. The van der Waals surface area contributed by atoms with Gasteiger partial charge in [0.25, 0.3) is 0 Å². The molecule has 30 heavy (non-hydrogen) atoms. The van der Waals surface area contributed by atoms with E-state index in [9.17, 15) is 9.59 Å². The maximum absolute atomic E-state index is 12.9. The average molecular weight is 422 g/mol. The lowest BCUT2D eigenvalue weighted by Gasteiger charge is -2.43. The van der Waals surface area contributed by atoms with Crippen LogP contribution in [-0.4, -0.2) is 62.1 Å². The number of rotatable bonds is 7. The number of benzene rings is 1. The van der Waals surface area contributed by atoms with Crippen molar-refractivity contribution in [2.24, 2.45) is 5.92 Å². The first-order valence-electron chi connectivity index (χ1n) is 10.6. The van der Waals surface area contributed by atoms with E-state index in [4.69, 9.17) is 18.9 Å². The first kappa shape index (κ1) is 24.0. The van der Waals surface area contributed by atoms with Gasteiger partial charge in [0, 0.05) is 25.6 Å². The molecule has 0 unspecified atom stereocenters. The lowest BCUT2D eigenvalue weighted by atomic mass is 9.76. The maximum Gasteiger partial charge on any atom is 0.410 e. The van der Waals surface area contributed by atoms with Crippen molar-refractivity contribution >= 4 is 12.1 Å². The Hall–Kier alpha value is -2.28. The predicted molar refractivity (Wildman–Crippen MR) is 114 cm³/mol. The Labute approximate surface area is 179 Å². The smallest absolute Gasteiger partial charge is 0.410 e. The van der Waals surface area contributed by atoms with Crippen LogP contribution in [-0.2, 0) is 19.0 Å². The normalized spacial score (nSPS) is 21.8. The van der Waals surface area contributed by atoms with Gasteiger partial charge in [-0.2, -0.15) is 0 Å². The molecule has 1 saturated heterocycles. The zero-order chi connectivity index (χ0) is 22.3. The van der Waals surface area contributed by atoms with Crippen molar-refractivity contribution < 1.29 is 28.5 Å². The number of piperidine rings is 1. The van der Waals surface area contributed by atoms with Gasteiger partial charge in [-0.1, -0.05) is 12.1 Å². The summed E-state index contributed by atoms with van der Waals surface area (Å²) >= 11 is 0. The topological polar surface area (TPSA) is 74.3 Å². The second-order valence-electron chi connectivity index (χ2n) is 8.50. The number of hydrogen-bond donors (Lipinski definition) is 0. The molecule has 0 aliphatic carbocycles. The van der Waals surface area contributed by atoms with Crippen molar-refractivity contribution in [2.45, 2.75) is 58.6 Å². The Bertz CT molecular complexity index is 714. The highest BCUT2D eigenvalue weighted by Crippen LogP contribution is 2.39. The van der Waals surface area contributed by atoms with Crippen LogP contribution in [0.25, 0.3) is 0 Å². The van der Waals surface area contributed by atoms with Gasteiger partial charge in [0.2, 0.25) is 0 Å². The first-order chi connectivity index (χ1) is 14.2. The molecule has 2 rings (SSSR count). The Balaban J connectivity index is 2.26. The van der Waals surface area contributed by atoms with Gasteiger partial charge in [-0.25, -0.2) is 4.79 Å². The van der Waals surface area contributed by atoms with Crippen LogP contribution in [0.4, 0.5) is 4.79 Å². The summed E-state index contributed by atoms with van der Waals surface area (Å²) in [5, 5.41) is 0. The van der Waals surface area contributed by atoms with E-state index in [0.29, 0.717) is 32.8 Å². The lowest BCUT2D eigenvalue weighted by Crippen LogP contribution is -2.53. The highest BCUT2D eigenvalue weighted by Gasteiger charge is 2.44. The molecule has 1 aromatic carbocycles. The fraction of sp³-hybridized carbons (Fsp3) is 0.652. The third-order valence-corrected chi connectivity index (χ3v) is 5.16. The number of nitrogens with zero attached hydrogens (tertiary/aromatic N) is 1. The van der Waals surface area contributed by atoms with Gasteiger partial charge in [-0.3, -0.25) is 4.79 Å². The van der Waals surface area contributed by atoms with Gasteiger partial charge in [0.1, 0.15) is 18.0 Å². The van der Waals surface area contributed by atoms with Crippen molar-refractivity contribution in [1.29, 1.82) is 0 Å². The third-order valence-electron chi connectivity index (χ3n) is 5.16. The Kier molecular flexibility index (Phi) is 8.53. The molecular formula is C23H35NO6. The van der Waals surface area contributed by atoms with Crippen molar-refractivity contribution in [2.75, 3.05) is 33.5 Å². The molecule has 0 radical (unpaired) electrons. The van der Waals surface area contributed by atoms with Gasteiger partial charge in [0.15, 0.2) is 0 Å². The van der Waals surface area contributed by atoms with Crippen molar-refractivity contribution in [3.8, 4) is 5.75 Å². The van der Waals surface area contributed by atoms with Crippen molar-refractivity contribution in [3.63, 3.8) is 0 Å². The zero-order valence-electron chi connectivity index (χ0n) is 19.0. The van der Waals surface area contributed by atoms with Crippen LogP contribution < -0.4 is 4.74 Å². The summed E-state index contributed by atoms with van der Waals surface area (Å²) < 4.78 is 21.7. The summed E-state index contributed by atoms with van der Waals surface area (Å²) in [6.45, 7) is 10.9. The fourth-order valence-electron chi connectivity index (χ4n) is 3.82. The van der Waals surface area contributed by atoms with E-state index >= 15 is 0 Å². The molecule has 1 fully saturated rings. The Morgan fingerprint density at radius 3 is 2.57 bits per heavy atom. The molecule has 7 nitrogen and oxygen atoms in total.